The standard InChI is InChI=1S/C14H12N4O3/c15-9-3-1-2-8(12(9)19)13(20)16-7-4-5-10-11(6-7)18-14(21)17-10/h1-6,19H,15H2,(H,16,20)(H2,17,18,21). The summed E-state index contributed by atoms with van der Waals surface area (Å²) >= 11 is 0. The number of aromatic nitrogens is 2. The zero-order valence-electron chi connectivity index (χ0n) is 10.8. The number of nitrogen functional groups attached to an aromatic ring is 1. The Morgan fingerprint density at radius 3 is 2.71 bits per heavy atom. The van der Waals surface area contributed by atoms with Crippen molar-refractivity contribution in [1.82, 2.24) is 9.97 Å². The number of rotatable bonds is 2. The predicted octanol–water partition coefficient (Wildman–Crippen LogP) is 1.40. The second-order valence-electron chi connectivity index (χ2n) is 4.54. The molecule has 0 aliphatic carbocycles. The van der Waals surface area contributed by atoms with Crippen LogP contribution >= 0.6 is 0 Å². The Hall–Kier alpha value is -3.22. The number of phenols is 1. The van der Waals surface area contributed by atoms with Crippen molar-refractivity contribution in [3.63, 3.8) is 0 Å². The van der Waals surface area contributed by atoms with E-state index in [1.165, 1.54) is 12.1 Å². The summed E-state index contributed by atoms with van der Waals surface area (Å²) in [6, 6.07) is 9.49. The molecule has 3 rings (SSSR count). The molecule has 0 radical (unpaired) electrons. The Morgan fingerprint density at radius 1 is 1.14 bits per heavy atom. The van der Waals surface area contributed by atoms with Gasteiger partial charge in [-0.3, -0.25) is 4.79 Å². The van der Waals surface area contributed by atoms with E-state index in [0.29, 0.717) is 16.7 Å². The van der Waals surface area contributed by atoms with Gasteiger partial charge >= 0.3 is 5.69 Å². The molecule has 1 amide bonds. The topological polar surface area (TPSA) is 124 Å². The number of anilines is 2. The van der Waals surface area contributed by atoms with Gasteiger partial charge in [0.15, 0.2) is 5.75 Å². The number of para-hydroxylation sites is 1. The maximum absolute atomic E-state index is 12.1. The van der Waals surface area contributed by atoms with Gasteiger partial charge in [-0.15, -0.1) is 0 Å². The number of H-pyrrole nitrogens is 2. The van der Waals surface area contributed by atoms with Crippen molar-refractivity contribution < 1.29 is 9.90 Å². The molecule has 0 bridgehead atoms. The average molecular weight is 284 g/mol. The fourth-order valence-corrected chi connectivity index (χ4v) is 2.05. The Morgan fingerprint density at radius 2 is 1.90 bits per heavy atom. The fourth-order valence-electron chi connectivity index (χ4n) is 2.05. The van der Waals surface area contributed by atoms with Crippen LogP contribution in [-0.2, 0) is 0 Å². The first-order valence-electron chi connectivity index (χ1n) is 6.15. The highest BCUT2D eigenvalue weighted by molar-refractivity contribution is 6.07. The lowest BCUT2D eigenvalue weighted by atomic mass is 10.1. The number of nitrogens with one attached hydrogen (secondary N) is 3. The van der Waals surface area contributed by atoms with Gasteiger partial charge in [0, 0.05) is 5.69 Å². The third kappa shape index (κ3) is 2.32. The maximum Gasteiger partial charge on any atom is 0.323 e. The minimum Gasteiger partial charge on any atom is -0.505 e. The van der Waals surface area contributed by atoms with Crippen LogP contribution in [0.3, 0.4) is 0 Å². The van der Waals surface area contributed by atoms with E-state index in [9.17, 15) is 14.7 Å². The van der Waals surface area contributed by atoms with E-state index in [1.54, 1.807) is 24.3 Å². The Bertz CT molecular complexity index is 895. The first-order valence-corrected chi connectivity index (χ1v) is 6.15. The Balaban J connectivity index is 1.92. The van der Waals surface area contributed by atoms with E-state index in [2.05, 4.69) is 15.3 Å². The highest BCUT2D eigenvalue weighted by Crippen LogP contribution is 2.25. The lowest BCUT2D eigenvalue weighted by Gasteiger charge is -2.08. The van der Waals surface area contributed by atoms with E-state index in [4.69, 9.17) is 5.73 Å². The number of benzene rings is 2. The summed E-state index contributed by atoms with van der Waals surface area (Å²) in [5.74, 6) is -0.747. The number of hydrogen-bond acceptors (Lipinski definition) is 4. The highest BCUT2D eigenvalue weighted by atomic mass is 16.3. The van der Waals surface area contributed by atoms with Gasteiger partial charge in [0.2, 0.25) is 0 Å². The molecule has 2 aromatic carbocycles. The summed E-state index contributed by atoms with van der Waals surface area (Å²) in [4.78, 5) is 28.5. The number of aromatic amines is 2. The lowest BCUT2D eigenvalue weighted by molar-refractivity contribution is 0.102. The van der Waals surface area contributed by atoms with Crippen LogP contribution < -0.4 is 16.7 Å². The molecule has 6 N–H and O–H groups in total. The van der Waals surface area contributed by atoms with Crippen molar-refractivity contribution in [3.05, 3.63) is 52.4 Å². The Labute approximate surface area is 118 Å². The van der Waals surface area contributed by atoms with Crippen LogP contribution in [0.1, 0.15) is 10.4 Å². The monoisotopic (exact) mass is 284 g/mol. The van der Waals surface area contributed by atoms with E-state index in [1.807, 2.05) is 0 Å². The zero-order chi connectivity index (χ0) is 15.0. The maximum atomic E-state index is 12.1. The summed E-state index contributed by atoms with van der Waals surface area (Å²) < 4.78 is 0. The van der Waals surface area contributed by atoms with Crippen LogP contribution in [0.25, 0.3) is 11.0 Å². The minimum absolute atomic E-state index is 0.0812. The third-order valence-electron chi connectivity index (χ3n) is 3.09. The molecule has 1 aromatic heterocycles. The molecule has 106 valence electrons. The van der Waals surface area contributed by atoms with Crippen molar-refractivity contribution >= 4 is 28.3 Å². The summed E-state index contributed by atoms with van der Waals surface area (Å²) in [6.07, 6.45) is 0. The van der Waals surface area contributed by atoms with Crippen molar-refractivity contribution in [2.24, 2.45) is 0 Å². The predicted molar refractivity (Wildman–Crippen MR) is 79.4 cm³/mol. The van der Waals surface area contributed by atoms with E-state index in [0.717, 1.165) is 0 Å². The number of fused-ring (bicyclic) bond motifs is 1. The molecule has 21 heavy (non-hydrogen) atoms. The average Bonchev–Trinajstić information content (AvgIpc) is 2.81. The number of carbonyl (C=O) groups is 1. The normalized spacial score (nSPS) is 10.7. The molecule has 0 saturated carbocycles. The van der Waals surface area contributed by atoms with Gasteiger partial charge in [0.1, 0.15) is 0 Å². The number of hydrogen-bond donors (Lipinski definition) is 5. The molecule has 0 unspecified atom stereocenters. The van der Waals surface area contributed by atoms with Gasteiger partial charge < -0.3 is 26.1 Å². The van der Waals surface area contributed by atoms with Crippen LogP contribution in [0.15, 0.2) is 41.2 Å². The van der Waals surface area contributed by atoms with Crippen LogP contribution in [0.5, 0.6) is 5.75 Å². The van der Waals surface area contributed by atoms with E-state index < -0.39 is 5.91 Å². The fraction of sp³-hybridized carbons (Fsp3) is 0. The number of aromatic hydroxyl groups is 1. The molecular weight excluding hydrogens is 272 g/mol. The first-order chi connectivity index (χ1) is 10.0. The molecule has 0 saturated heterocycles. The number of imidazole rings is 1. The van der Waals surface area contributed by atoms with Crippen molar-refractivity contribution in [2.45, 2.75) is 0 Å². The molecule has 3 aromatic rings. The van der Waals surface area contributed by atoms with Crippen LogP contribution in [0.4, 0.5) is 11.4 Å². The smallest absolute Gasteiger partial charge is 0.323 e. The quantitative estimate of drug-likeness (QED) is 0.360. The zero-order valence-corrected chi connectivity index (χ0v) is 10.8. The number of nitrogens with two attached hydrogens (primary N) is 1. The summed E-state index contributed by atoms with van der Waals surface area (Å²) in [5, 5.41) is 12.4. The summed E-state index contributed by atoms with van der Waals surface area (Å²) in [5.41, 5.74) is 7.16. The lowest BCUT2D eigenvalue weighted by Crippen LogP contribution is -2.12. The largest absolute Gasteiger partial charge is 0.505 e. The first kappa shape index (κ1) is 12.8. The summed E-state index contributed by atoms with van der Waals surface area (Å²) in [6.45, 7) is 0. The van der Waals surface area contributed by atoms with Crippen molar-refractivity contribution in [3.8, 4) is 5.75 Å². The molecule has 7 nitrogen and oxygen atoms in total. The van der Waals surface area contributed by atoms with E-state index in [-0.39, 0.29) is 22.7 Å². The van der Waals surface area contributed by atoms with Crippen LogP contribution in [0.2, 0.25) is 0 Å². The summed E-state index contributed by atoms with van der Waals surface area (Å²) in [7, 11) is 0. The molecule has 0 fully saturated rings. The minimum atomic E-state index is -0.489. The third-order valence-corrected chi connectivity index (χ3v) is 3.09. The SMILES string of the molecule is Nc1cccc(C(=O)Nc2ccc3[nH]c(=O)[nH]c3c2)c1O. The van der Waals surface area contributed by atoms with Gasteiger partial charge in [-0.25, -0.2) is 4.79 Å². The molecular formula is C14H12N4O3. The van der Waals surface area contributed by atoms with Gasteiger partial charge in [0.05, 0.1) is 22.3 Å². The van der Waals surface area contributed by atoms with Gasteiger partial charge in [0.25, 0.3) is 5.91 Å². The molecule has 0 aliphatic rings. The highest BCUT2D eigenvalue weighted by Gasteiger charge is 2.13. The number of phenolic OH excluding ortho intramolecular Hbond substituents is 1. The molecule has 7 heteroatoms. The van der Waals surface area contributed by atoms with Crippen LogP contribution in [0, 0.1) is 0 Å². The van der Waals surface area contributed by atoms with Crippen molar-refractivity contribution in [2.75, 3.05) is 11.1 Å². The number of amides is 1. The van der Waals surface area contributed by atoms with Crippen molar-refractivity contribution in [1.29, 1.82) is 0 Å². The molecule has 0 spiro atoms. The second-order valence-corrected chi connectivity index (χ2v) is 4.54. The van der Waals surface area contributed by atoms with Crippen LogP contribution in [-0.4, -0.2) is 21.0 Å². The Kier molecular flexibility index (Phi) is 2.87. The molecule has 0 atom stereocenters. The number of carbonyl (C=O) groups excluding carboxylic acids is 1. The molecule has 0 aliphatic heterocycles. The van der Waals surface area contributed by atoms with Gasteiger partial charge in [-0.05, 0) is 30.3 Å². The molecule has 1 heterocycles. The van der Waals surface area contributed by atoms with Gasteiger partial charge in [-0.2, -0.15) is 0 Å². The van der Waals surface area contributed by atoms with E-state index >= 15 is 0 Å². The second kappa shape index (κ2) is 4.71. The van der Waals surface area contributed by atoms with Gasteiger partial charge in [-0.1, -0.05) is 6.07 Å².